The number of fused-ring (bicyclic) bond motifs is 1. The van der Waals surface area contributed by atoms with Gasteiger partial charge in [-0.25, -0.2) is 9.78 Å². The Hall–Kier alpha value is -3.58. The molecule has 0 saturated heterocycles. The van der Waals surface area contributed by atoms with Crippen molar-refractivity contribution in [3.63, 3.8) is 0 Å². The van der Waals surface area contributed by atoms with Gasteiger partial charge in [-0.05, 0) is 37.5 Å². The molecule has 0 spiro atoms. The predicted molar refractivity (Wildman–Crippen MR) is 125 cm³/mol. The molecule has 4 aromatic rings. The number of hydrogen-bond acceptors (Lipinski definition) is 6. The lowest BCUT2D eigenvalue weighted by Crippen LogP contribution is -2.24. The number of aromatic nitrogens is 2. The Kier molecular flexibility index (Phi) is 6.01. The summed E-state index contributed by atoms with van der Waals surface area (Å²) in [6.45, 7) is 5.11. The van der Waals surface area contributed by atoms with Crippen LogP contribution in [0.1, 0.15) is 39.4 Å². The molecule has 162 valence electrons. The fraction of sp³-hybridized carbons (Fsp3) is 0.200. The van der Waals surface area contributed by atoms with Crippen LogP contribution < -0.4 is 5.56 Å². The van der Waals surface area contributed by atoms with Crippen LogP contribution in [-0.2, 0) is 11.3 Å². The minimum atomic E-state index is -0.471. The number of ether oxygens (including phenoxy) is 1. The highest BCUT2D eigenvalue weighted by atomic mass is 32.1. The largest absolute Gasteiger partial charge is 0.459 e. The summed E-state index contributed by atoms with van der Waals surface area (Å²) in [5.74, 6) is -0.666. The van der Waals surface area contributed by atoms with Crippen molar-refractivity contribution in [3.05, 3.63) is 87.3 Å². The first-order valence-electron chi connectivity index (χ1n) is 10.2. The summed E-state index contributed by atoms with van der Waals surface area (Å²) in [6, 6.07) is 17.2. The Morgan fingerprint density at radius 2 is 1.69 bits per heavy atom. The van der Waals surface area contributed by atoms with E-state index in [-0.39, 0.29) is 24.0 Å². The fourth-order valence-electron chi connectivity index (χ4n) is 3.46. The van der Waals surface area contributed by atoms with E-state index in [9.17, 15) is 14.4 Å². The van der Waals surface area contributed by atoms with Gasteiger partial charge in [0, 0.05) is 5.56 Å². The highest BCUT2D eigenvalue weighted by Gasteiger charge is 2.22. The molecule has 7 heteroatoms. The van der Waals surface area contributed by atoms with Crippen LogP contribution in [0.4, 0.5) is 0 Å². The molecule has 2 heterocycles. The number of aryl methyl sites for hydroxylation is 1. The van der Waals surface area contributed by atoms with Crippen molar-refractivity contribution in [2.24, 2.45) is 0 Å². The van der Waals surface area contributed by atoms with Crippen molar-refractivity contribution in [2.75, 3.05) is 0 Å². The number of hydrogen-bond donors (Lipinski definition) is 0. The number of esters is 1. The summed E-state index contributed by atoms with van der Waals surface area (Å²) in [4.78, 5) is 43.3. The topological polar surface area (TPSA) is 78.3 Å². The number of ketones is 1. The molecule has 0 aliphatic carbocycles. The van der Waals surface area contributed by atoms with Crippen molar-refractivity contribution >= 4 is 33.3 Å². The van der Waals surface area contributed by atoms with Gasteiger partial charge in [-0.1, -0.05) is 54.6 Å². The van der Waals surface area contributed by atoms with Crippen LogP contribution >= 0.6 is 11.3 Å². The minimum Gasteiger partial charge on any atom is -0.459 e. The zero-order valence-electron chi connectivity index (χ0n) is 18.0. The molecule has 0 unspecified atom stereocenters. The lowest BCUT2D eigenvalue weighted by molar-refractivity contribution is 0.0383. The zero-order chi connectivity index (χ0) is 22.8. The van der Waals surface area contributed by atoms with Crippen LogP contribution in [-0.4, -0.2) is 27.4 Å². The highest BCUT2D eigenvalue weighted by molar-refractivity contribution is 7.20. The number of rotatable bonds is 6. The van der Waals surface area contributed by atoms with E-state index < -0.39 is 5.97 Å². The molecule has 2 aromatic heterocycles. The lowest BCUT2D eigenvalue weighted by atomic mass is 10.0. The van der Waals surface area contributed by atoms with Crippen LogP contribution in [0.5, 0.6) is 0 Å². The molecule has 0 N–H and O–H groups in total. The third-order valence-corrected chi connectivity index (χ3v) is 6.25. The van der Waals surface area contributed by atoms with Gasteiger partial charge in [-0.2, -0.15) is 0 Å². The summed E-state index contributed by atoms with van der Waals surface area (Å²) in [5.41, 5.74) is 2.78. The molecule has 0 amide bonds. The summed E-state index contributed by atoms with van der Waals surface area (Å²) >= 11 is 1.13. The van der Waals surface area contributed by atoms with Crippen molar-refractivity contribution in [2.45, 2.75) is 33.4 Å². The van der Waals surface area contributed by atoms with Gasteiger partial charge >= 0.3 is 5.97 Å². The second-order valence-corrected chi connectivity index (χ2v) is 8.73. The lowest BCUT2D eigenvalue weighted by Gasteiger charge is -2.07. The highest BCUT2D eigenvalue weighted by Crippen LogP contribution is 2.28. The van der Waals surface area contributed by atoms with E-state index in [1.54, 1.807) is 32.9 Å². The molecule has 0 radical (unpaired) electrons. The number of carbonyl (C=O) groups excluding carboxylic acids is 2. The first-order chi connectivity index (χ1) is 15.3. The number of Topliss-reactive ketones (excluding diaryl/α,β-unsaturated/α-hetero) is 1. The number of thiophene rings is 1. The van der Waals surface area contributed by atoms with Gasteiger partial charge in [-0.3, -0.25) is 14.2 Å². The van der Waals surface area contributed by atoms with Crippen LogP contribution in [0.15, 0.2) is 65.7 Å². The first-order valence-corrected chi connectivity index (χ1v) is 11.0. The normalized spacial score (nSPS) is 11.1. The van der Waals surface area contributed by atoms with Crippen molar-refractivity contribution in [1.29, 1.82) is 0 Å². The molecular weight excluding hydrogens is 424 g/mol. The van der Waals surface area contributed by atoms with Gasteiger partial charge in [0.2, 0.25) is 0 Å². The summed E-state index contributed by atoms with van der Waals surface area (Å²) in [7, 11) is 0. The van der Waals surface area contributed by atoms with Gasteiger partial charge < -0.3 is 4.74 Å². The number of benzene rings is 2. The Morgan fingerprint density at radius 3 is 2.34 bits per heavy atom. The van der Waals surface area contributed by atoms with E-state index in [0.29, 0.717) is 26.2 Å². The summed E-state index contributed by atoms with van der Waals surface area (Å²) in [6.07, 6.45) is 1.09. The van der Waals surface area contributed by atoms with Crippen molar-refractivity contribution in [3.8, 4) is 11.1 Å². The van der Waals surface area contributed by atoms with Gasteiger partial charge in [0.1, 0.15) is 9.71 Å². The molecule has 2 aromatic carbocycles. The molecule has 0 aliphatic heterocycles. The first kappa shape index (κ1) is 21.6. The van der Waals surface area contributed by atoms with Gasteiger partial charge in [-0.15, -0.1) is 11.3 Å². The van der Waals surface area contributed by atoms with Crippen LogP contribution in [0.3, 0.4) is 0 Å². The molecular formula is C25H22N2O4S. The Bertz CT molecular complexity index is 1350. The smallest absolute Gasteiger partial charge is 0.348 e. The maximum atomic E-state index is 13.0. The Morgan fingerprint density at radius 1 is 1.03 bits per heavy atom. The number of nitrogens with zero attached hydrogens (tertiary/aromatic N) is 2. The second-order valence-electron chi connectivity index (χ2n) is 7.73. The van der Waals surface area contributed by atoms with E-state index in [4.69, 9.17) is 4.74 Å². The minimum absolute atomic E-state index is 0.131. The van der Waals surface area contributed by atoms with E-state index in [2.05, 4.69) is 4.98 Å². The average molecular weight is 447 g/mol. The molecule has 0 aliphatic rings. The molecule has 32 heavy (non-hydrogen) atoms. The summed E-state index contributed by atoms with van der Waals surface area (Å²) in [5, 5.41) is 0.348. The van der Waals surface area contributed by atoms with Gasteiger partial charge in [0.05, 0.1) is 24.4 Å². The molecule has 4 rings (SSSR count). The van der Waals surface area contributed by atoms with E-state index in [1.165, 1.54) is 10.9 Å². The molecule has 6 nitrogen and oxygen atoms in total. The number of carbonyl (C=O) groups is 2. The summed E-state index contributed by atoms with van der Waals surface area (Å²) < 4.78 is 6.55. The van der Waals surface area contributed by atoms with Gasteiger partial charge in [0.25, 0.3) is 5.56 Å². The maximum absolute atomic E-state index is 13.0. The maximum Gasteiger partial charge on any atom is 0.348 e. The van der Waals surface area contributed by atoms with E-state index >= 15 is 0 Å². The SMILES string of the molecule is Cc1c(C(=O)OC(C)C)sc2ncn(CC(=O)c3ccc(-c4ccccc4)cc3)c(=O)c12. The third-order valence-electron chi connectivity index (χ3n) is 5.07. The third kappa shape index (κ3) is 4.24. The second kappa shape index (κ2) is 8.88. The predicted octanol–water partition coefficient (Wildman–Crippen LogP) is 4.88. The standard InChI is InChI=1S/C25H22N2O4S/c1-15(2)31-25(30)22-16(3)21-23(32-22)26-14-27(24(21)29)13-20(28)19-11-9-18(10-12-19)17-7-5-4-6-8-17/h4-12,14-15H,13H2,1-3H3. The molecule has 0 bridgehead atoms. The van der Waals surface area contributed by atoms with Crippen molar-refractivity contribution in [1.82, 2.24) is 9.55 Å². The van der Waals surface area contributed by atoms with E-state index in [1.807, 2.05) is 42.5 Å². The Balaban J connectivity index is 1.59. The van der Waals surface area contributed by atoms with Crippen LogP contribution in [0.25, 0.3) is 21.3 Å². The average Bonchev–Trinajstić information content (AvgIpc) is 3.13. The molecule has 0 saturated carbocycles. The monoisotopic (exact) mass is 446 g/mol. The zero-order valence-corrected chi connectivity index (χ0v) is 18.8. The van der Waals surface area contributed by atoms with Crippen LogP contribution in [0, 0.1) is 6.92 Å². The Labute approximate surface area is 189 Å². The fourth-order valence-corrected chi connectivity index (χ4v) is 4.48. The van der Waals surface area contributed by atoms with Crippen LogP contribution in [0.2, 0.25) is 0 Å². The van der Waals surface area contributed by atoms with E-state index in [0.717, 1.165) is 22.5 Å². The van der Waals surface area contributed by atoms with Crippen molar-refractivity contribution < 1.29 is 14.3 Å². The van der Waals surface area contributed by atoms with Gasteiger partial charge in [0.15, 0.2) is 5.78 Å². The molecule has 0 fully saturated rings. The quantitative estimate of drug-likeness (QED) is 0.312. The molecule has 0 atom stereocenters.